The van der Waals surface area contributed by atoms with Crippen LogP contribution >= 0.6 is 31.9 Å². The molecular formula is C22H18Br2N4O5. The molecule has 0 amide bonds. The summed E-state index contributed by atoms with van der Waals surface area (Å²) in [6.45, 7) is 0. The smallest absolute Gasteiger partial charge is 0.244 e. The Balaban J connectivity index is 1.99. The largest absolute Gasteiger partial charge is 0.506 e. The first-order valence-corrected chi connectivity index (χ1v) is 11.1. The first-order chi connectivity index (χ1) is 15.8. The van der Waals surface area contributed by atoms with Gasteiger partial charge < -0.3 is 29.8 Å². The zero-order valence-corrected chi connectivity index (χ0v) is 20.9. The van der Waals surface area contributed by atoms with Crippen molar-refractivity contribution in [3.05, 3.63) is 55.8 Å². The van der Waals surface area contributed by atoms with E-state index in [1.54, 1.807) is 24.3 Å². The number of ether oxygens (including phenoxy) is 4. The van der Waals surface area contributed by atoms with E-state index in [4.69, 9.17) is 24.7 Å². The predicted octanol–water partition coefficient (Wildman–Crippen LogP) is 4.55. The second kappa shape index (κ2) is 8.88. The first kappa shape index (κ1) is 22.8. The second-order valence-corrected chi connectivity index (χ2v) is 8.70. The van der Waals surface area contributed by atoms with Crippen LogP contribution < -0.4 is 24.7 Å². The molecule has 0 aliphatic carbocycles. The lowest BCUT2D eigenvalue weighted by molar-refractivity contribution is 0.324. The monoisotopic (exact) mass is 576 g/mol. The number of fused-ring (bicyclic) bond motifs is 1. The van der Waals surface area contributed by atoms with Crippen LogP contribution in [0.1, 0.15) is 17.0 Å². The van der Waals surface area contributed by atoms with E-state index in [1.807, 2.05) is 0 Å². The van der Waals surface area contributed by atoms with Crippen LogP contribution in [0, 0.1) is 11.3 Å². The number of H-pyrrole nitrogens is 1. The van der Waals surface area contributed by atoms with Gasteiger partial charge in [-0.3, -0.25) is 5.10 Å². The highest BCUT2D eigenvalue weighted by Gasteiger charge is 2.36. The fourth-order valence-electron chi connectivity index (χ4n) is 3.78. The summed E-state index contributed by atoms with van der Waals surface area (Å²) < 4.78 is 23.0. The number of aromatic hydroxyl groups is 1. The van der Waals surface area contributed by atoms with Crippen molar-refractivity contribution in [1.82, 2.24) is 10.2 Å². The molecule has 0 spiro atoms. The third-order valence-electron chi connectivity index (χ3n) is 5.26. The molecule has 33 heavy (non-hydrogen) atoms. The van der Waals surface area contributed by atoms with E-state index in [0.29, 0.717) is 48.6 Å². The number of phenolic OH excluding ortho intramolecular Hbond substituents is 1. The van der Waals surface area contributed by atoms with Gasteiger partial charge in [-0.25, -0.2) is 0 Å². The molecule has 11 heteroatoms. The molecule has 1 aliphatic heterocycles. The van der Waals surface area contributed by atoms with Crippen LogP contribution in [0.4, 0.5) is 0 Å². The van der Waals surface area contributed by atoms with Crippen LogP contribution in [-0.4, -0.2) is 36.6 Å². The number of aromatic nitrogens is 2. The Hall–Kier alpha value is -3.36. The van der Waals surface area contributed by atoms with Crippen molar-refractivity contribution in [3.63, 3.8) is 0 Å². The van der Waals surface area contributed by atoms with E-state index >= 15 is 0 Å². The van der Waals surface area contributed by atoms with Crippen LogP contribution in [0.3, 0.4) is 0 Å². The quantitative estimate of drug-likeness (QED) is 0.402. The van der Waals surface area contributed by atoms with Crippen molar-refractivity contribution < 1.29 is 24.1 Å². The average molecular weight is 578 g/mol. The topological polar surface area (TPSA) is 136 Å². The molecule has 0 saturated carbocycles. The molecule has 9 nitrogen and oxygen atoms in total. The summed E-state index contributed by atoms with van der Waals surface area (Å²) in [4.78, 5) is 0. The van der Waals surface area contributed by atoms with Crippen LogP contribution in [0.5, 0.6) is 28.9 Å². The number of hydrogen-bond acceptors (Lipinski definition) is 8. The SMILES string of the molecule is COc1cc(-c2[nH]nc3c2C(c2cc(Br)c(O)c(Br)c2)C(C#N)=C(N)O3)cc(OC)c1OC. The third kappa shape index (κ3) is 3.75. The minimum Gasteiger partial charge on any atom is -0.506 e. The summed E-state index contributed by atoms with van der Waals surface area (Å²) in [6.07, 6.45) is 0. The van der Waals surface area contributed by atoms with Gasteiger partial charge in [0.25, 0.3) is 0 Å². The van der Waals surface area contributed by atoms with Crippen molar-refractivity contribution in [3.8, 4) is 46.2 Å². The van der Waals surface area contributed by atoms with Gasteiger partial charge in [0.1, 0.15) is 17.4 Å². The standard InChI is InChI=1S/C22H18Br2N4O5/c1-30-14-6-10(7-15(31-2)20(14)32-3)18-17-16(9-4-12(23)19(29)13(24)5-9)11(8-25)21(26)33-22(17)28-27-18/h4-7,16,29H,26H2,1-3H3,(H,27,28). The lowest BCUT2D eigenvalue weighted by Gasteiger charge is -2.25. The summed E-state index contributed by atoms with van der Waals surface area (Å²) in [5.41, 5.74) is 8.81. The molecule has 0 bridgehead atoms. The van der Waals surface area contributed by atoms with Gasteiger partial charge in [0.15, 0.2) is 11.5 Å². The number of methoxy groups -OCH3 is 3. The molecule has 1 atom stereocenters. The number of nitrogens with zero attached hydrogens (tertiary/aromatic N) is 2. The van der Waals surface area contributed by atoms with Gasteiger partial charge in [-0.2, -0.15) is 5.26 Å². The lowest BCUT2D eigenvalue weighted by atomic mass is 9.83. The van der Waals surface area contributed by atoms with E-state index in [9.17, 15) is 10.4 Å². The molecule has 0 fully saturated rings. The fraction of sp³-hybridized carbons (Fsp3) is 0.182. The van der Waals surface area contributed by atoms with E-state index in [-0.39, 0.29) is 23.1 Å². The molecule has 170 valence electrons. The second-order valence-electron chi connectivity index (χ2n) is 6.99. The van der Waals surface area contributed by atoms with E-state index < -0.39 is 5.92 Å². The predicted molar refractivity (Wildman–Crippen MR) is 126 cm³/mol. The Morgan fingerprint density at radius 1 is 1.09 bits per heavy atom. The Bertz CT molecular complexity index is 1280. The lowest BCUT2D eigenvalue weighted by Crippen LogP contribution is -2.21. The van der Waals surface area contributed by atoms with Crippen molar-refractivity contribution in [1.29, 1.82) is 5.26 Å². The van der Waals surface area contributed by atoms with Crippen molar-refractivity contribution in [2.24, 2.45) is 5.73 Å². The Morgan fingerprint density at radius 3 is 2.21 bits per heavy atom. The zero-order valence-electron chi connectivity index (χ0n) is 17.7. The molecule has 1 aliphatic rings. The fourth-order valence-corrected chi connectivity index (χ4v) is 5.00. The number of aromatic amines is 1. The molecule has 4 N–H and O–H groups in total. The van der Waals surface area contributed by atoms with Crippen LogP contribution in [0.15, 0.2) is 44.7 Å². The summed E-state index contributed by atoms with van der Waals surface area (Å²) in [6, 6.07) is 9.12. The van der Waals surface area contributed by atoms with E-state index in [1.165, 1.54) is 21.3 Å². The molecule has 3 aromatic rings. The summed E-state index contributed by atoms with van der Waals surface area (Å²) in [7, 11) is 4.57. The van der Waals surface area contributed by atoms with Crippen molar-refractivity contribution in [2.45, 2.75) is 5.92 Å². The van der Waals surface area contributed by atoms with Gasteiger partial charge in [-0.05, 0) is 61.7 Å². The Kier molecular flexibility index (Phi) is 6.14. The Labute approximate surface area is 206 Å². The van der Waals surface area contributed by atoms with Gasteiger partial charge in [-0.1, -0.05) is 0 Å². The minimum atomic E-state index is -0.625. The average Bonchev–Trinajstić information content (AvgIpc) is 3.23. The summed E-state index contributed by atoms with van der Waals surface area (Å²) in [5.74, 6) is 0.957. The highest BCUT2D eigenvalue weighted by atomic mass is 79.9. The van der Waals surface area contributed by atoms with Gasteiger partial charge in [0, 0.05) is 5.56 Å². The maximum Gasteiger partial charge on any atom is 0.244 e. The number of hydrogen-bond donors (Lipinski definition) is 3. The maximum absolute atomic E-state index is 10.2. The first-order valence-electron chi connectivity index (χ1n) is 9.48. The number of nitriles is 1. The van der Waals surface area contributed by atoms with Crippen LogP contribution in [0.25, 0.3) is 11.3 Å². The highest BCUT2D eigenvalue weighted by Crippen LogP contribution is 2.49. The minimum absolute atomic E-state index is 0.0403. The third-order valence-corrected chi connectivity index (χ3v) is 6.47. The van der Waals surface area contributed by atoms with Crippen molar-refractivity contribution in [2.75, 3.05) is 21.3 Å². The molecule has 2 aromatic carbocycles. The van der Waals surface area contributed by atoms with Gasteiger partial charge in [0.05, 0.1) is 47.5 Å². The molecule has 1 unspecified atom stereocenters. The van der Waals surface area contributed by atoms with Crippen LogP contribution in [0.2, 0.25) is 0 Å². The van der Waals surface area contributed by atoms with Gasteiger partial charge in [-0.15, -0.1) is 5.10 Å². The summed E-state index contributed by atoms with van der Waals surface area (Å²) in [5, 5.41) is 27.4. The van der Waals surface area contributed by atoms with Gasteiger partial charge >= 0.3 is 0 Å². The molecule has 4 rings (SSSR count). The molecule has 1 aromatic heterocycles. The summed E-state index contributed by atoms with van der Waals surface area (Å²) >= 11 is 6.71. The number of halogens is 2. The highest BCUT2D eigenvalue weighted by molar-refractivity contribution is 9.11. The molecule has 0 radical (unpaired) electrons. The number of nitrogens with two attached hydrogens (primary N) is 1. The molecular weight excluding hydrogens is 560 g/mol. The molecule has 2 heterocycles. The normalized spacial score (nSPS) is 14.8. The van der Waals surface area contributed by atoms with E-state index in [2.05, 4.69) is 48.1 Å². The number of benzene rings is 2. The van der Waals surface area contributed by atoms with Crippen LogP contribution in [-0.2, 0) is 0 Å². The van der Waals surface area contributed by atoms with E-state index in [0.717, 1.165) is 0 Å². The van der Waals surface area contributed by atoms with Crippen molar-refractivity contribution >= 4 is 31.9 Å². The number of nitrogens with one attached hydrogen (secondary N) is 1. The maximum atomic E-state index is 10.2. The number of allylic oxidation sites excluding steroid dienone is 1. The van der Waals surface area contributed by atoms with Gasteiger partial charge in [0.2, 0.25) is 17.5 Å². The zero-order chi connectivity index (χ0) is 23.9. The number of rotatable bonds is 5. The number of phenols is 1. The molecule has 0 saturated heterocycles. The Morgan fingerprint density at radius 2 is 1.70 bits per heavy atom.